The zero-order valence-corrected chi connectivity index (χ0v) is 11.8. The maximum atomic E-state index is 5.36. The summed E-state index contributed by atoms with van der Waals surface area (Å²) in [5, 5.41) is 3.42. The van der Waals surface area contributed by atoms with Crippen molar-refractivity contribution in [2.24, 2.45) is 0 Å². The van der Waals surface area contributed by atoms with Gasteiger partial charge in [-0.15, -0.1) is 0 Å². The first-order valence-electron chi connectivity index (χ1n) is 6.31. The van der Waals surface area contributed by atoms with Gasteiger partial charge in [0.1, 0.15) is 11.5 Å². The molecule has 1 rings (SSSR count). The number of ether oxygens (including phenoxy) is 2. The van der Waals surface area contributed by atoms with Crippen molar-refractivity contribution in [1.82, 2.24) is 10.2 Å². The molecule has 4 heteroatoms. The van der Waals surface area contributed by atoms with Crippen LogP contribution in [0.5, 0.6) is 11.5 Å². The van der Waals surface area contributed by atoms with E-state index < -0.39 is 0 Å². The van der Waals surface area contributed by atoms with Gasteiger partial charge in [0.2, 0.25) is 0 Å². The highest BCUT2D eigenvalue weighted by Crippen LogP contribution is 2.24. The molecule has 0 aliphatic carbocycles. The molecule has 0 aliphatic rings. The SMILES string of the molecule is CCN(C)CCNCc1ccc(OC)cc1OC. The molecule has 1 aromatic rings. The molecule has 0 unspecified atom stereocenters. The molecule has 0 atom stereocenters. The average Bonchev–Trinajstić information content (AvgIpc) is 2.43. The normalized spacial score (nSPS) is 10.7. The van der Waals surface area contributed by atoms with E-state index in [0.29, 0.717) is 0 Å². The molecule has 0 spiro atoms. The van der Waals surface area contributed by atoms with Gasteiger partial charge in [-0.1, -0.05) is 13.0 Å². The fourth-order valence-electron chi connectivity index (χ4n) is 1.65. The zero-order valence-electron chi connectivity index (χ0n) is 11.8. The highest BCUT2D eigenvalue weighted by Gasteiger charge is 2.04. The topological polar surface area (TPSA) is 33.7 Å². The van der Waals surface area contributed by atoms with Crippen LogP contribution in [0.25, 0.3) is 0 Å². The predicted molar refractivity (Wildman–Crippen MR) is 74.4 cm³/mol. The molecule has 0 saturated carbocycles. The fraction of sp³-hybridized carbons (Fsp3) is 0.571. The van der Waals surface area contributed by atoms with E-state index in [-0.39, 0.29) is 0 Å². The van der Waals surface area contributed by atoms with Crippen molar-refractivity contribution in [3.63, 3.8) is 0 Å². The highest BCUT2D eigenvalue weighted by atomic mass is 16.5. The van der Waals surface area contributed by atoms with Crippen LogP contribution in [0.15, 0.2) is 18.2 Å². The first kappa shape index (κ1) is 14.8. The summed E-state index contributed by atoms with van der Waals surface area (Å²) >= 11 is 0. The van der Waals surface area contributed by atoms with Gasteiger partial charge in [0, 0.05) is 31.3 Å². The van der Waals surface area contributed by atoms with Gasteiger partial charge in [-0.2, -0.15) is 0 Å². The van der Waals surface area contributed by atoms with Crippen LogP contribution in [0.3, 0.4) is 0 Å². The largest absolute Gasteiger partial charge is 0.497 e. The van der Waals surface area contributed by atoms with Crippen molar-refractivity contribution in [2.75, 3.05) is 40.9 Å². The lowest BCUT2D eigenvalue weighted by atomic mass is 10.2. The first-order valence-corrected chi connectivity index (χ1v) is 6.31. The average molecular weight is 252 g/mol. The van der Waals surface area contributed by atoms with Gasteiger partial charge in [0.25, 0.3) is 0 Å². The predicted octanol–water partition coefficient (Wildman–Crippen LogP) is 1.75. The van der Waals surface area contributed by atoms with Gasteiger partial charge in [0.05, 0.1) is 14.2 Å². The Morgan fingerprint density at radius 3 is 2.61 bits per heavy atom. The summed E-state index contributed by atoms with van der Waals surface area (Å²) in [7, 11) is 5.46. The summed E-state index contributed by atoms with van der Waals surface area (Å²) in [6, 6.07) is 5.90. The van der Waals surface area contributed by atoms with E-state index >= 15 is 0 Å². The minimum atomic E-state index is 0.810. The first-order chi connectivity index (χ1) is 8.71. The molecule has 0 aromatic heterocycles. The van der Waals surface area contributed by atoms with Crippen molar-refractivity contribution in [3.8, 4) is 11.5 Å². The molecule has 0 amide bonds. The Bertz CT molecular complexity index is 356. The van der Waals surface area contributed by atoms with Gasteiger partial charge in [-0.25, -0.2) is 0 Å². The van der Waals surface area contributed by atoms with Crippen LogP contribution in [0.4, 0.5) is 0 Å². The summed E-state index contributed by atoms with van der Waals surface area (Å²) in [5.74, 6) is 1.69. The van der Waals surface area contributed by atoms with Crippen LogP contribution in [-0.2, 0) is 6.54 Å². The van der Waals surface area contributed by atoms with Crippen molar-refractivity contribution < 1.29 is 9.47 Å². The smallest absolute Gasteiger partial charge is 0.127 e. The van der Waals surface area contributed by atoms with Crippen LogP contribution in [0, 0.1) is 0 Å². The van der Waals surface area contributed by atoms with E-state index in [1.165, 1.54) is 0 Å². The molecule has 0 fully saturated rings. The van der Waals surface area contributed by atoms with Gasteiger partial charge >= 0.3 is 0 Å². The van der Waals surface area contributed by atoms with Crippen molar-refractivity contribution >= 4 is 0 Å². The fourth-order valence-corrected chi connectivity index (χ4v) is 1.65. The number of benzene rings is 1. The number of nitrogens with one attached hydrogen (secondary N) is 1. The summed E-state index contributed by atoms with van der Waals surface area (Å²) < 4.78 is 10.5. The molecule has 0 saturated heterocycles. The Morgan fingerprint density at radius 2 is 2.00 bits per heavy atom. The van der Waals surface area contributed by atoms with Gasteiger partial charge in [-0.05, 0) is 19.7 Å². The van der Waals surface area contributed by atoms with Crippen LogP contribution in [0.1, 0.15) is 12.5 Å². The van der Waals surface area contributed by atoms with Gasteiger partial charge < -0.3 is 19.7 Å². The highest BCUT2D eigenvalue weighted by molar-refractivity contribution is 5.40. The van der Waals surface area contributed by atoms with Gasteiger partial charge in [0.15, 0.2) is 0 Å². The molecule has 0 heterocycles. The quantitative estimate of drug-likeness (QED) is 0.715. The Morgan fingerprint density at radius 1 is 1.22 bits per heavy atom. The summed E-state index contributed by atoms with van der Waals surface area (Å²) in [6.45, 7) is 6.07. The Hall–Kier alpha value is -1.26. The summed E-state index contributed by atoms with van der Waals surface area (Å²) in [4.78, 5) is 2.28. The Labute approximate surface area is 110 Å². The number of methoxy groups -OCH3 is 2. The number of likely N-dealkylation sites (N-methyl/N-ethyl adjacent to an activating group) is 1. The second-order valence-corrected chi connectivity index (χ2v) is 4.25. The van der Waals surface area contributed by atoms with E-state index in [1.54, 1.807) is 14.2 Å². The van der Waals surface area contributed by atoms with E-state index in [0.717, 1.165) is 43.2 Å². The van der Waals surface area contributed by atoms with Crippen molar-refractivity contribution in [1.29, 1.82) is 0 Å². The van der Waals surface area contributed by atoms with E-state index in [2.05, 4.69) is 24.2 Å². The molecular weight excluding hydrogens is 228 g/mol. The minimum Gasteiger partial charge on any atom is -0.497 e. The molecule has 18 heavy (non-hydrogen) atoms. The maximum Gasteiger partial charge on any atom is 0.127 e. The maximum absolute atomic E-state index is 5.36. The lowest BCUT2D eigenvalue weighted by Gasteiger charge is -2.15. The number of hydrogen-bond acceptors (Lipinski definition) is 4. The molecular formula is C14H24N2O2. The third-order valence-corrected chi connectivity index (χ3v) is 3.02. The number of nitrogens with zero attached hydrogens (tertiary/aromatic N) is 1. The van der Waals surface area contributed by atoms with E-state index in [4.69, 9.17) is 9.47 Å². The van der Waals surface area contributed by atoms with Crippen LogP contribution in [0.2, 0.25) is 0 Å². The van der Waals surface area contributed by atoms with Crippen molar-refractivity contribution in [3.05, 3.63) is 23.8 Å². The molecule has 0 aliphatic heterocycles. The van der Waals surface area contributed by atoms with E-state index in [1.807, 2.05) is 18.2 Å². The lowest BCUT2D eigenvalue weighted by molar-refractivity contribution is 0.347. The standard InChI is InChI=1S/C14H24N2O2/c1-5-16(2)9-8-15-11-12-6-7-13(17-3)10-14(12)18-4/h6-7,10,15H,5,8-9,11H2,1-4H3. The molecule has 1 aromatic carbocycles. The summed E-state index contributed by atoms with van der Waals surface area (Å²) in [5.41, 5.74) is 1.15. The molecule has 1 N–H and O–H groups in total. The second kappa shape index (κ2) is 7.95. The van der Waals surface area contributed by atoms with Crippen LogP contribution >= 0.6 is 0 Å². The minimum absolute atomic E-state index is 0.810. The van der Waals surface area contributed by atoms with Crippen LogP contribution < -0.4 is 14.8 Å². The summed E-state index contributed by atoms with van der Waals surface area (Å²) in [6.07, 6.45) is 0. The Balaban J connectivity index is 2.46. The molecule has 0 bridgehead atoms. The second-order valence-electron chi connectivity index (χ2n) is 4.25. The molecule has 4 nitrogen and oxygen atoms in total. The molecule has 102 valence electrons. The third-order valence-electron chi connectivity index (χ3n) is 3.02. The van der Waals surface area contributed by atoms with Gasteiger partial charge in [-0.3, -0.25) is 0 Å². The van der Waals surface area contributed by atoms with Crippen molar-refractivity contribution in [2.45, 2.75) is 13.5 Å². The van der Waals surface area contributed by atoms with Crippen LogP contribution in [-0.4, -0.2) is 45.8 Å². The number of hydrogen-bond donors (Lipinski definition) is 1. The van der Waals surface area contributed by atoms with E-state index in [9.17, 15) is 0 Å². The third kappa shape index (κ3) is 4.55. The zero-order chi connectivity index (χ0) is 13.4. The lowest BCUT2D eigenvalue weighted by Crippen LogP contribution is -2.28. The Kier molecular flexibility index (Phi) is 6.54. The monoisotopic (exact) mass is 252 g/mol. The molecule has 0 radical (unpaired) electrons. The number of rotatable bonds is 8.